The molecule has 4 aliphatic rings. The first-order valence-corrected chi connectivity index (χ1v) is 12.0. The van der Waals surface area contributed by atoms with E-state index in [1.165, 1.54) is 38.5 Å². The second-order valence-electron chi connectivity index (χ2n) is 11.9. The standard InChI is InChI=1S/C25H40O4/c1-16(2)12-21(26)29-15-18-14-25-11-8-19-23(3,20(25)7-6-17(18)13-25)9-5-10-24(19,4)22(27)28/h16-20H,5-15H2,1-4H3,(H,27,28)/t17-,18+,19?,20?,23+,24+,25-/m0/s1. The number of ether oxygens (including phenoxy) is 1. The van der Waals surface area contributed by atoms with Gasteiger partial charge in [-0.25, -0.2) is 0 Å². The average Bonchev–Trinajstić information content (AvgIpc) is 2.89. The fourth-order valence-corrected chi connectivity index (χ4v) is 8.63. The minimum absolute atomic E-state index is 0.0457. The van der Waals surface area contributed by atoms with Gasteiger partial charge >= 0.3 is 11.9 Å². The van der Waals surface area contributed by atoms with Gasteiger partial charge in [-0.3, -0.25) is 9.59 Å². The normalized spacial score (nSPS) is 46.1. The van der Waals surface area contributed by atoms with Gasteiger partial charge in [0.25, 0.3) is 0 Å². The Morgan fingerprint density at radius 3 is 2.48 bits per heavy atom. The zero-order chi connectivity index (χ0) is 21.0. The first-order chi connectivity index (χ1) is 13.6. The van der Waals surface area contributed by atoms with E-state index in [0.29, 0.717) is 48.0 Å². The van der Waals surface area contributed by atoms with Gasteiger partial charge in [0.1, 0.15) is 0 Å². The van der Waals surface area contributed by atoms with Crippen LogP contribution in [0.2, 0.25) is 0 Å². The average molecular weight is 405 g/mol. The van der Waals surface area contributed by atoms with E-state index in [9.17, 15) is 14.7 Å². The highest BCUT2D eigenvalue weighted by atomic mass is 16.5. The van der Waals surface area contributed by atoms with Crippen molar-refractivity contribution in [3.63, 3.8) is 0 Å². The number of hydrogen-bond acceptors (Lipinski definition) is 3. The number of esters is 1. The molecular formula is C25H40O4. The van der Waals surface area contributed by atoms with Gasteiger partial charge in [0, 0.05) is 6.42 Å². The molecule has 0 radical (unpaired) electrons. The first-order valence-electron chi connectivity index (χ1n) is 12.0. The van der Waals surface area contributed by atoms with Gasteiger partial charge in [-0.2, -0.15) is 0 Å². The Balaban J connectivity index is 1.51. The molecule has 164 valence electrons. The third-order valence-corrected chi connectivity index (χ3v) is 9.79. The summed E-state index contributed by atoms with van der Waals surface area (Å²) in [7, 11) is 0. The molecule has 4 fully saturated rings. The predicted octanol–water partition coefficient (Wildman–Crippen LogP) is 5.69. The van der Waals surface area contributed by atoms with Crippen molar-refractivity contribution >= 4 is 11.9 Å². The van der Waals surface area contributed by atoms with Crippen molar-refractivity contribution in [2.75, 3.05) is 6.61 Å². The van der Waals surface area contributed by atoms with Crippen molar-refractivity contribution in [2.24, 2.45) is 45.8 Å². The van der Waals surface area contributed by atoms with Crippen molar-refractivity contribution in [2.45, 2.75) is 91.9 Å². The highest BCUT2D eigenvalue weighted by Crippen LogP contribution is 2.72. The minimum atomic E-state index is -0.584. The van der Waals surface area contributed by atoms with Gasteiger partial charge in [-0.15, -0.1) is 0 Å². The number of carbonyl (C=O) groups is 2. The Hall–Kier alpha value is -1.06. The van der Waals surface area contributed by atoms with Gasteiger partial charge < -0.3 is 9.84 Å². The van der Waals surface area contributed by atoms with Gasteiger partial charge in [0.2, 0.25) is 0 Å². The Morgan fingerprint density at radius 1 is 1.03 bits per heavy atom. The van der Waals surface area contributed by atoms with Crippen LogP contribution < -0.4 is 0 Å². The Labute approximate surface area is 176 Å². The van der Waals surface area contributed by atoms with Crippen molar-refractivity contribution < 1.29 is 19.4 Å². The van der Waals surface area contributed by atoms with Crippen LogP contribution in [0, 0.1) is 45.8 Å². The van der Waals surface area contributed by atoms with Crippen LogP contribution >= 0.6 is 0 Å². The van der Waals surface area contributed by atoms with E-state index < -0.39 is 11.4 Å². The number of carbonyl (C=O) groups excluding carboxylic acids is 1. The molecule has 0 amide bonds. The molecule has 0 aliphatic heterocycles. The number of carboxylic acids is 1. The van der Waals surface area contributed by atoms with Crippen LogP contribution in [0.15, 0.2) is 0 Å². The van der Waals surface area contributed by atoms with Crippen molar-refractivity contribution in [3.05, 3.63) is 0 Å². The zero-order valence-electron chi connectivity index (χ0n) is 18.8. The van der Waals surface area contributed by atoms with E-state index in [2.05, 4.69) is 20.8 Å². The molecule has 4 saturated carbocycles. The molecule has 4 aliphatic carbocycles. The van der Waals surface area contributed by atoms with Crippen LogP contribution in [-0.4, -0.2) is 23.7 Å². The Bertz CT molecular complexity index is 672. The van der Waals surface area contributed by atoms with E-state index >= 15 is 0 Å². The smallest absolute Gasteiger partial charge is 0.309 e. The van der Waals surface area contributed by atoms with Crippen molar-refractivity contribution in [3.8, 4) is 0 Å². The number of fused-ring (bicyclic) bond motifs is 3. The lowest BCUT2D eigenvalue weighted by atomic mass is 9.41. The SMILES string of the molecule is CC(C)CC(=O)OC[C@H]1C[C@@]23CCC4[C@@](C)(CCC[C@@]4(C)C(=O)O)C2CC[C@H]1C3. The van der Waals surface area contributed by atoms with E-state index in [0.717, 1.165) is 19.3 Å². The molecule has 2 unspecified atom stereocenters. The van der Waals surface area contributed by atoms with Crippen LogP contribution in [0.1, 0.15) is 91.9 Å². The highest BCUT2D eigenvalue weighted by Gasteiger charge is 2.65. The Kier molecular flexibility index (Phi) is 5.31. The van der Waals surface area contributed by atoms with Crippen LogP contribution in [0.25, 0.3) is 0 Å². The fraction of sp³-hybridized carbons (Fsp3) is 0.920. The van der Waals surface area contributed by atoms with Gasteiger partial charge in [0.05, 0.1) is 12.0 Å². The molecule has 7 atom stereocenters. The molecule has 4 nitrogen and oxygen atoms in total. The molecule has 1 spiro atoms. The number of aliphatic carboxylic acids is 1. The minimum Gasteiger partial charge on any atom is -0.481 e. The lowest BCUT2D eigenvalue weighted by molar-refractivity contribution is -0.181. The summed E-state index contributed by atoms with van der Waals surface area (Å²) in [6.07, 6.45) is 10.7. The molecule has 4 heteroatoms. The van der Waals surface area contributed by atoms with Crippen LogP contribution in [0.4, 0.5) is 0 Å². The molecule has 0 aromatic carbocycles. The molecule has 4 rings (SSSR count). The summed E-state index contributed by atoms with van der Waals surface area (Å²) in [5, 5.41) is 10.1. The van der Waals surface area contributed by atoms with Gasteiger partial charge in [0.15, 0.2) is 0 Å². The van der Waals surface area contributed by atoms with E-state index in [4.69, 9.17) is 4.74 Å². The first kappa shape index (κ1) is 21.2. The quantitative estimate of drug-likeness (QED) is 0.598. The maximum absolute atomic E-state index is 12.2. The molecule has 29 heavy (non-hydrogen) atoms. The molecule has 1 N–H and O–H groups in total. The summed E-state index contributed by atoms with van der Waals surface area (Å²) >= 11 is 0. The molecule has 2 bridgehead atoms. The van der Waals surface area contributed by atoms with E-state index in [1.54, 1.807) is 0 Å². The lowest BCUT2D eigenvalue weighted by Crippen LogP contribution is -2.58. The van der Waals surface area contributed by atoms with Crippen molar-refractivity contribution in [1.29, 1.82) is 0 Å². The molecule has 0 heterocycles. The molecular weight excluding hydrogens is 364 g/mol. The Morgan fingerprint density at radius 2 is 1.79 bits per heavy atom. The summed E-state index contributed by atoms with van der Waals surface area (Å²) < 4.78 is 5.70. The molecule has 0 aromatic rings. The number of hydrogen-bond donors (Lipinski definition) is 1. The summed E-state index contributed by atoms with van der Waals surface area (Å²) in [5.74, 6) is 1.85. The zero-order valence-corrected chi connectivity index (χ0v) is 18.8. The summed E-state index contributed by atoms with van der Waals surface area (Å²) in [4.78, 5) is 24.3. The van der Waals surface area contributed by atoms with Crippen LogP contribution in [0.3, 0.4) is 0 Å². The second kappa shape index (κ2) is 7.27. The van der Waals surface area contributed by atoms with Gasteiger partial charge in [-0.1, -0.05) is 27.2 Å². The van der Waals surface area contributed by atoms with Crippen molar-refractivity contribution in [1.82, 2.24) is 0 Å². The third kappa shape index (κ3) is 3.33. The fourth-order valence-electron chi connectivity index (χ4n) is 8.63. The third-order valence-electron chi connectivity index (χ3n) is 9.79. The topological polar surface area (TPSA) is 63.6 Å². The summed E-state index contributed by atoms with van der Waals surface area (Å²) in [5.41, 5.74) is -0.0479. The predicted molar refractivity (Wildman–Crippen MR) is 112 cm³/mol. The van der Waals surface area contributed by atoms with Gasteiger partial charge in [-0.05, 0) is 98.7 Å². The maximum Gasteiger partial charge on any atom is 0.309 e. The van der Waals surface area contributed by atoms with Crippen LogP contribution in [0.5, 0.6) is 0 Å². The maximum atomic E-state index is 12.2. The van der Waals surface area contributed by atoms with E-state index in [-0.39, 0.29) is 11.4 Å². The lowest BCUT2D eigenvalue weighted by Gasteiger charge is -2.63. The molecule has 0 saturated heterocycles. The van der Waals surface area contributed by atoms with E-state index in [1.807, 2.05) is 6.92 Å². The monoisotopic (exact) mass is 404 g/mol. The molecule has 0 aromatic heterocycles. The largest absolute Gasteiger partial charge is 0.481 e. The van der Waals surface area contributed by atoms with Crippen LogP contribution in [-0.2, 0) is 14.3 Å². The second-order valence-corrected chi connectivity index (χ2v) is 11.9. The summed E-state index contributed by atoms with van der Waals surface area (Å²) in [6, 6.07) is 0. The highest BCUT2D eigenvalue weighted by molar-refractivity contribution is 5.75. The number of rotatable bonds is 5. The number of carboxylic acid groups (broad SMARTS) is 1. The summed E-state index contributed by atoms with van der Waals surface area (Å²) in [6.45, 7) is 9.16.